The van der Waals surface area contributed by atoms with Gasteiger partial charge in [0.1, 0.15) is 0 Å². The fourth-order valence-electron chi connectivity index (χ4n) is 1.46. The zero-order chi connectivity index (χ0) is 13.7. The van der Waals surface area contributed by atoms with Crippen LogP contribution >= 0.6 is 0 Å². The van der Waals surface area contributed by atoms with Crippen molar-refractivity contribution < 1.29 is 13.5 Å². The Kier molecular flexibility index (Phi) is 5.36. The van der Waals surface area contributed by atoms with Crippen LogP contribution in [0.5, 0.6) is 0 Å². The number of hydrogen-bond donors (Lipinski definition) is 1. The molecule has 0 aliphatic heterocycles. The first kappa shape index (κ1) is 14.7. The van der Waals surface area contributed by atoms with Crippen molar-refractivity contribution >= 4 is 16.5 Å². The molecule has 1 aromatic rings. The number of nitro groups is 1. The second kappa shape index (κ2) is 6.55. The third-order valence-corrected chi connectivity index (χ3v) is 4.29. The van der Waals surface area contributed by atoms with Crippen LogP contribution in [0.1, 0.15) is 18.9 Å². The highest BCUT2D eigenvalue weighted by atomic mass is 32.2. The van der Waals surface area contributed by atoms with Crippen LogP contribution in [0.4, 0.5) is 10.1 Å². The summed E-state index contributed by atoms with van der Waals surface area (Å²) in [7, 11) is -1.16. The van der Waals surface area contributed by atoms with Crippen molar-refractivity contribution in [2.24, 2.45) is 5.73 Å². The molecule has 2 atom stereocenters. The maximum absolute atomic E-state index is 13.3. The molecule has 2 unspecified atom stereocenters. The summed E-state index contributed by atoms with van der Waals surface area (Å²) in [4.78, 5) is 9.66. The Balaban J connectivity index is 2.77. The van der Waals surface area contributed by atoms with E-state index in [1.54, 1.807) is 0 Å². The monoisotopic (exact) mass is 274 g/mol. The minimum atomic E-state index is -1.16. The molecule has 0 saturated carbocycles. The minimum Gasteiger partial charge on any atom is -0.330 e. The van der Waals surface area contributed by atoms with Gasteiger partial charge in [-0.05, 0) is 24.6 Å². The Hall–Kier alpha value is -1.34. The summed E-state index contributed by atoms with van der Waals surface area (Å²) in [5, 5.41) is 10.4. The van der Waals surface area contributed by atoms with Crippen molar-refractivity contribution in [1.29, 1.82) is 0 Å². The summed E-state index contributed by atoms with van der Waals surface area (Å²) in [5.74, 6) is -0.725. The van der Waals surface area contributed by atoms with Gasteiger partial charge >= 0.3 is 5.69 Å². The van der Waals surface area contributed by atoms with Gasteiger partial charge in [0, 0.05) is 27.9 Å². The maximum Gasteiger partial charge on any atom is 0.304 e. The summed E-state index contributed by atoms with van der Waals surface area (Å²) in [5.41, 5.74) is 5.29. The van der Waals surface area contributed by atoms with Crippen molar-refractivity contribution in [2.45, 2.75) is 24.3 Å². The van der Waals surface area contributed by atoms with E-state index < -0.39 is 27.2 Å². The molecule has 2 N–H and O–H groups in total. The van der Waals surface area contributed by atoms with Crippen molar-refractivity contribution in [3.05, 3.63) is 39.7 Å². The van der Waals surface area contributed by atoms with E-state index in [1.807, 2.05) is 6.92 Å². The molecule has 18 heavy (non-hydrogen) atoms. The van der Waals surface area contributed by atoms with Crippen LogP contribution in [0.3, 0.4) is 0 Å². The smallest absolute Gasteiger partial charge is 0.304 e. The van der Waals surface area contributed by atoms with Gasteiger partial charge in [-0.15, -0.1) is 0 Å². The molecular weight excluding hydrogens is 259 g/mol. The molecule has 0 spiro atoms. The van der Waals surface area contributed by atoms with Gasteiger partial charge in [0.05, 0.1) is 4.92 Å². The molecule has 0 bridgehead atoms. The molecule has 0 aliphatic carbocycles. The van der Waals surface area contributed by atoms with Crippen LogP contribution in [0.25, 0.3) is 0 Å². The van der Waals surface area contributed by atoms with Gasteiger partial charge in [0.25, 0.3) is 0 Å². The zero-order valence-electron chi connectivity index (χ0n) is 9.97. The second-order valence-electron chi connectivity index (χ2n) is 3.96. The van der Waals surface area contributed by atoms with E-state index in [0.29, 0.717) is 18.5 Å². The molecule has 0 fully saturated rings. The van der Waals surface area contributed by atoms with E-state index >= 15 is 0 Å². The van der Waals surface area contributed by atoms with E-state index in [4.69, 9.17) is 5.73 Å². The highest BCUT2D eigenvalue weighted by Gasteiger charge is 2.16. The molecule has 0 heterocycles. The fourth-order valence-corrected chi connectivity index (χ4v) is 2.65. The van der Waals surface area contributed by atoms with E-state index in [9.17, 15) is 18.7 Å². The summed E-state index contributed by atoms with van der Waals surface area (Å²) in [6, 6.07) is 3.58. The number of nitrogens with zero attached hydrogens (tertiary/aromatic N) is 1. The fraction of sp³-hybridized carbons (Fsp3) is 0.455. The van der Waals surface area contributed by atoms with Gasteiger partial charge in [-0.2, -0.15) is 4.39 Å². The third-order valence-electron chi connectivity index (χ3n) is 2.54. The SMILES string of the molecule is CC(CCN)S(=O)Cc1ccc([N+](=O)[O-])c(F)c1. The molecule has 0 radical (unpaired) electrons. The van der Waals surface area contributed by atoms with Gasteiger partial charge in [-0.3, -0.25) is 14.3 Å². The van der Waals surface area contributed by atoms with E-state index in [1.165, 1.54) is 6.07 Å². The number of rotatable bonds is 6. The van der Waals surface area contributed by atoms with Crippen LogP contribution in [0.2, 0.25) is 0 Å². The van der Waals surface area contributed by atoms with Crippen molar-refractivity contribution in [1.82, 2.24) is 0 Å². The maximum atomic E-state index is 13.3. The van der Waals surface area contributed by atoms with Gasteiger partial charge in [-0.25, -0.2) is 0 Å². The number of halogens is 1. The first-order chi connectivity index (χ1) is 8.45. The molecule has 1 rings (SSSR count). The van der Waals surface area contributed by atoms with Crippen LogP contribution in [-0.4, -0.2) is 20.9 Å². The molecule has 100 valence electrons. The number of benzene rings is 1. The second-order valence-corrected chi connectivity index (χ2v) is 5.81. The molecule has 1 aromatic carbocycles. The minimum absolute atomic E-state index is 0.0757. The van der Waals surface area contributed by atoms with Crippen LogP contribution in [0, 0.1) is 15.9 Å². The van der Waals surface area contributed by atoms with Gasteiger partial charge in [0.15, 0.2) is 0 Å². The molecule has 0 aliphatic rings. The molecular formula is C11H15FN2O3S. The van der Waals surface area contributed by atoms with Crippen molar-refractivity contribution in [2.75, 3.05) is 6.54 Å². The Morgan fingerprint density at radius 3 is 2.72 bits per heavy atom. The molecule has 0 saturated heterocycles. The largest absolute Gasteiger partial charge is 0.330 e. The number of nitro benzene ring substituents is 1. The molecule has 0 amide bonds. The average Bonchev–Trinajstić information content (AvgIpc) is 2.28. The first-order valence-electron chi connectivity index (χ1n) is 5.45. The molecule has 5 nitrogen and oxygen atoms in total. The van der Waals surface area contributed by atoms with Crippen molar-refractivity contribution in [3.63, 3.8) is 0 Å². The van der Waals surface area contributed by atoms with E-state index in [2.05, 4.69) is 0 Å². The molecule has 7 heteroatoms. The lowest BCUT2D eigenvalue weighted by Gasteiger charge is -2.10. The zero-order valence-corrected chi connectivity index (χ0v) is 10.8. The van der Waals surface area contributed by atoms with E-state index in [0.717, 1.165) is 12.1 Å². The van der Waals surface area contributed by atoms with Crippen LogP contribution in [0.15, 0.2) is 18.2 Å². The van der Waals surface area contributed by atoms with Crippen LogP contribution in [-0.2, 0) is 16.6 Å². The van der Waals surface area contributed by atoms with Crippen molar-refractivity contribution in [3.8, 4) is 0 Å². The van der Waals surface area contributed by atoms with Gasteiger partial charge < -0.3 is 5.73 Å². The Morgan fingerprint density at radius 2 is 2.22 bits per heavy atom. The quantitative estimate of drug-likeness (QED) is 0.632. The summed E-state index contributed by atoms with van der Waals surface area (Å²) in [6.45, 7) is 2.26. The van der Waals surface area contributed by atoms with Gasteiger partial charge in [-0.1, -0.05) is 13.0 Å². The number of nitrogens with two attached hydrogens (primary N) is 1. The highest BCUT2D eigenvalue weighted by molar-refractivity contribution is 7.84. The average molecular weight is 274 g/mol. The first-order valence-corrected chi connectivity index (χ1v) is 6.84. The Bertz CT molecular complexity index is 468. The van der Waals surface area contributed by atoms with Gasteiger partial charge in [0.2, 0.25) is 5.82 Å². The summed E-state index contributed by atoms with van der Waals surface area (Å²) < 4.78 is 25.2. The topological polar surface area (TPSA) is 86.2 Å². The standard InChI is InChI=1S/C11H15FN2O3S/c1-8(4-5-13)18(17)7-9-2-3-11(14(15)16)10(12)6-9/h2-3,6,8H,4-5,7,13H2,1H3. The lowest BCUT2D eigenvalue weighted by Crippen LogP contribution is -2.17. The molecule has 0 aromatic heterocycles. The summed E-state index contributed by atoms with van der Waals surface area (Å²) >= 11 is 0. The lowest BCUT2D eigenvalue weighted by molar-refractivity contribution is -0.387. The Labute approximate surface area is 107 Å². The lowest BCUT2D eigenvalue weighted by atomic mass is 10.2. The summed E-state index contributed by atoms with van der Waals surface area (Å²) in [6.07, 6.45) is 0.627. The Morgan fingerprint density at radius 1 is 1.56 bits per heavy atom. The van der Waals surface area contributed by atoms with Crippen LogP contribution < -0.4 is 5.73 Å². The number of hydrogen-bond acceptors (Lipinski definition) is 4. The predicted octanol–water partition coefficient (Wildman–Crippen LogP) is 1.72. The highest BCUT2D eigenvalue weighted by Crippen LogP contribution is 2.19. The predicted molar refractivity (Wildman–Crippen MR) is 68.0 cm³/mol. The normalized spacial score (nSPS) is 14.2. The third kappa shape index (κ3) is 3.85. The van der Waals surface area contributed by atoms with E-state index in [-0.39, 0.29) is 11.0 Å².